The molecule has 26 heavy (non-hydrogen) atoms. The normalized spacial score (nSPS) is 19.2. The molecule has 0 bridgehead atoms. The zero-order chi connectivity index (χ0) is 18.5. The summed E-state index contributed by atoms with van der Waals surface area (Å²) in [5, 5.41) is 0. The van der Waals surface area contributed by atoms with Gasteiger partial charge in [0, 0.05) is 43.5 Å². The van der Waals surface area contributed by atoms with Crippen molar-refractivity contribution in [2.45, 2.75) is 19.3 Å². The topological polar surface area (TPSA) is 66.6 Å². The Morgan fingerprint density at radius 2 is 2.12 bits per heavy atom. The van der Waals surface area contributed by atoms with Crippen molar-refractivity contribution in [2.75, 3.05) is 19.6 Å². The van der Waals surface area contributed by atoms with Crippen molar-refractivity contribution in [1.82, 2.24) is 9.80 Å². The Morgan fingerprint density at radius 3 is 2.88 bits per heavy atom. The predicted octanol–water partition coefficient (Wildman–Crippen LogP) is 2.47. The molecule has 136 valence electrons. The van der Waals surface area contributed by atoms with Crippen LogP contribution in [-0.4, -0.2) is 41.2 Å². The smallest absolute Gasteiger partial charge is 0.248 e. The van der Waals surface area contributed by atoms with Gasteiger partial charge in [0.2, 0.25) is 11.8 Å². The number of likely N-dealkylation sites (tertiary alicyclic amines) is 1. The molecule has 0 radical (unpaired) electrons. The van der Waals surface area contributed by atoms with E-state index < -0.39 is 5.91 Å². The van der Waals surface area contributed by atoms with Crippen LogP contribution < -0.4 is 5.73 Å². The second kappa shape index (κ2) is 8.04. The summed E-state index contributed by atoms with van der Waals surface area (Å²) < 4.78 is 0. The minimum absolute atomic E-state index is 0.189. The standard InChI is InChI=1S/C21H25N3O2/c1-16-5-2-3-10-23(16)12-9-20(25)24-11-8-18(15-24)13-17-6-4-7-19(14-17)21(22)26/h2-7,10,14,18H,1,8-9,11-13,15H2,(H2,22,26). The Morgan fingerprint density at radius 1 is 1.27 bits per heavy atom. The molecule has 2 heterocycles. The van der Waals surface area contributed by atoms with Gasteiger partial charge in [-0.05, 0) is 48.6 Å². The third-order valence-electron chi connectivity index (χ3n) is 4.98. The third kappa shape index (κ3) is 4.42. The van der Waals surface area contributed by atoms with Crippen molar-refractivity contribution >= 4 is 11.8 Å². The highest BCUT2D eigenvalue weighted by molar-refractivity contribution is 5.92. The number of carbonyl (C=O) groups excluding carboxylic acids is 2. The number of benzene rings is 1. The van der Waals surface area contributed by atoms with Gasteiger partial charge in [-0.1, -0.05) is 24.8 Å². The lowest BCUT2D eigenvalue weighted by Gasteiger charge is -2.24. The van der Waals surface area contributed by atoms with Crippen molar-refractivity contribution in [2.24, 2.45) is 11.7 Å². The number of nitrogens with zero attached hydrogens (tertiary/aromatic N) is 2. The zero-order valence-electron chi connectivity index (χ0n) is 14.9. The molecule has 2 N–H and O–H groups in total. The summed E-state index contributed by atoms with van der Waals surface area (Å²) in [7, 11) is 0. The van der Waals surface area contributed by atoms with E-state index in [2.05, 4.69) is 6.58 Å². The SMILES string of the molecule is C=C1C=CC=CN1CCC(=O)N1CCC(Cc2cccc(C(N)=O)c2)C1. The van der Waals surface area contributed by atoms with E-state index >= 15 is 0 Å². The average molecular weight is 351 g/mol. The fourth-order valence-electron chi connectivity index (χ4n) is 3.51. The number of hydrogen-bond donors (Lipinski definition) is 1. The molecule has 5 heteroatoms. The third-order valence-corrected chi connectivity index (χ3v) is 4.98. The highest BCUT2D eigenvalue weighted by Gasteiger charge is 2.26. The van der Waals surface area contributed by atoms with E-state index in [-0.39, 0.29) is 5.91 Å². The Hall–Kier alpha value is -2.82. The number of rotatable bonds is 6. The minimum Gasteiger partial charge on any atom is -0.366 e. The van der Waals surface area contributed by atoms with E-state index in [1.54, 1.807) is 6.07 Å². The van der Waals surface area contributed by atoms with Crippen LogP contribution in [0.3, 0.4) is 0 Å². The highest BCUT2D eigenvalue weighted by Crippen LogP contribution is 2.22. The van der Waals surface area contributed by atoms with Crippen molar-refractivity contribution in [3.05, 3.63) is 72.1 Å². The summed E-state index contributed by atoms with van der Waals surface area (Å²) in [6.07, 6.45) is 10.1. The molecule has 0 spiro atoms. The van der Waals surface area contributed by atoms with Crippen LogP contribution >= 0.6 is 0 Å². The summed E-state index contributed by atoms with van der Waals surface area (Å²) in [4.78, 5) is 27.8. The van der Waals surface area contributed by atoms with E-state index in [1.807, 2.05) is 52.4 Å². The van der Waals surface area contributed by atoms with Crippen LogP contribution in [0.1, 0.15) is 28.8 Å². The molecule has 1 fully saturated rings. The Labute approximate surface area is 154 Å². The van der Waals surface area contributed by atoms with Crippen LogP contribution in [0, 0.1) is 5.92 Å². The van der Waals surface area contributed by atoms with E-state index in [0.717, 1.165) is 37.2 Å². The van der Waals surface area contributed by atoms with Gasteiger partial charge < -0.3 is 15.5 Å². The molecule has 1 unspecified atom stereocenters. The lowest BCUT2D eigenvalue weighted by molar-refractivity contribution is -0.130. The number of primary amides is 1. The average Bonchev–Trinajstić information content (AvgIpc) is 3.09. The Bertz CT molecular complexity index is 766. The maximum atomic E-state index is 12.5. The molecule has 1 atom stereocenters. The van der Waals surface area contributed by atoms with Gasteiger partial charge in [0.1, 0.15) is 0 Å². The quantitative estimate of drug-likeness (QED) is 0.856. The second-order valence-corrected chi connectivity index (χ2v) is 6.90. The summed E-state index contributed by atoms with van der Waals surface area (Å²) in [6.45, 7) is 6.21. The van der Waals surface area contributed by atoms with Crippen LogP contribution in [-0.2, 0) is 11.2 Å². The predicted molar refractivity (Wildman–Crippen MR) is 102 cm³/mol. The first-order valence-corrected chi connectivity index (χ1v) is 9.00. The Kier molecular flexibility index (Phi) is 5.56. The largest absolute Gasteiger partial charge is 0.366 e. The van der Waals surface area contributed by atoms with Crippen LogP contribution in [0.4, 0.5) is 0 Å². The fraction of sp³-hybridized carbons (Fsp3) is 0.333. The maximum absolute atomic E-state index is 12.5. The van der Waals surface area contributed by atoms with E-state index in [0.29, 0.717) is 24.4 Å². The first-order valence-electron chi connectivity index (χ1n) is 9.00. The maximum Gasteiger partial charge on any atom is 0.248 e. The summed E-state index contributed by atoms with van der Waals surface area (Å²) in [6, 6.07) is 7.46. The molecule has 0 aliphatic carbocycles. The van der Waals surface area contributed by atoms with Crippen molar-refractivity contribution in [1.29, 1.82) is 0 Å². The van der Waals surface area contributed by atoms with Gasteiger partial charge >= 0.3 is 0 Å². The number of allylic oxidation sites excluding steroid dienone is 3. The van der Waals surface area contributed by atoms with Crippen molar-refractivity contribution in [3.63, 3.8) is 0 Å². The van der Waals surface area contributed by atoms with Gasteiger partial charge in [0.05, 0.1) is 0 Å². The molecule has 1 aromatic rings. The lowest BCUT2D eigenvalue weighted by Crippen LogP contribution is -2.31. The molecule has 1 aromatic carbocycles. The lowest BCUT2D eigenvalue weighted by atomic mass is 9.97. The van der Waals surface area contributed by atoms with E-state index in [4.69, 9.17) is 5.73 Å². The fourth-order valence-corrected chi connectivity index (χ4v) is 3.51. The second-order valence-electron chi connectivity index (χ2n) is 6.90. The van der Waals surface area contributed by atoms with Gasteiger partial charge in [-0.2, -0.15) is 0 Å². The number of carbonyl (C=O) groups is 2. The number of hydrogen-bond acceptors (Lipinski definition) is 3. The summed E-state index contributed by atoms with van der Waals surface area (Å²) in [5.41, 5.74) is 7.90. The molecule has 0 aromatic heterocycles. The molecule has 1 saturated heterocycles. The van der Waals surface area contributed by atoms with Crippen LogP contribution in [0.25, 0.3) is 0 Å². The minimum atomic E-state index is -0.404. The zero-order valence-corrected chi connectivity index (χ0v) is 14.9. The van der Waals surface area contributed by atoms with Crippen LogP contribution in [0.5, 0.6) is 0 Å². The molecule has 2 aliphatic rings. The molecule has 2 aliphatic heterocycles. The molecular weight excluding hydrogens is 326 g/mol. The van der Waals surface area contributed by atoms with Gasteiger partial charge in [-0.25, -0.2) is 0 Å². The first kappa shape index (κ1) is 18.0. The number of nitrogens with two attached hydrogens (primary N) is 1. The molecule has 0 saturated carbocycles. The van der Waals surface area contributed by atoms with Crippen LogP contribution in [0.2, 0.25) is 0 Å². The van der Waals surface area contributed by atoms with Gasteiger partial charge in [0.25, 0.3) is 0 Å². The van der Waals surface area contributed by atoms with Crippen molar-refractivity contribution in [3.8, 4) is 0 Å². The van der Waals surface area contributed by atoms with Gasteiger partial charge in [0.15, 0.2) is 0 Å². The molecule has 3 rings (SSSR count). The Balaban J connectivity index is 1.48. The monoisotopic (exact) mass is 351 g/mol. The van der Waals surface area contributed by atoms with Gasteiger partial charge in [-0.15, -0.1) is 0 Å². The molecular formula is C21H25N3O2. The first-order chi connectivity index (χ1) is 12.5. The molecule has 5 nitrogen and oxygen atoms in total. The summed E-state index contributed by atoms with van der Waals surface area (Å²) in [5.74, 6) is 0.210. The van der Waals surface area contributed by atoms with E-state index in [1.165, 1.54) is 0 Å². The van der Waals surface area contributed by atoms with Crippen LogP contribution in [0.15, 0.2) is 61.0 Å². The summed E-state index contributed by atoms with van der Waals surface area (Å²) >= 11 is 0. The number of amides is 2. The highest BCUT2D eigenvalue weighted by atomic mass is 16.2. The van der Waals surface area contributed by atoms with Crippen molar-refractivity contribution < 1.29 is 9.59 Å². The van der Waals surface area contributed by atoms with E-state index in [9.17, 15) is 9.59 Å². The molecule has 2 amide bonds. The van der Waals surface area contributed by atoms with Gasteiger partial charge in [-0.3, -0.25) is 9.59 Å².